The number of hydrogen-bond acceptors (Lipinski definition) is 6. The molecule has 0 aliphatic rings. The van der Waals surface area contributed by atoms with Crippen molar-refractivity contribution in [1.82, 2.24) is 0 Å². The lowest BCUT2D eigenvalue weighted by Crippen LogP contribution is -2.14. The Morgan fingerprint density at radius 1 is 0.227 bits per heavy atom. The zero-order valence-corrected chi connectivity index (χ0v) is 72.6. The molecule has 0 amide bonds. The lowest BCUT2D eigenvalue weighted by molar-refractivity contribution is 0.586. The summed E-state index contributed by atoms with van der Waals surface area (Å²) in [5, 5.41) is 29.4. The molecule has 0 spiro atoms. The summed E-state index contributed by atoms with van der Waals surface area (Å²) in [6, 6.07) is 95.6. The number of halogens is 8. The summed E-state index contributed by atoms with van der Waals surface area (Å²) in [5.41, 5.74) is 17.8. The summed E-state index contributed by atoms with van der Waals surface area (Å²) < 4.78 is 130. The topological polar surface area (TPSA) is 69.3 Å². The van der Waals surface area contributed by atoms with E-state index in [4.69, 9.17) is 13.1 Å². The van der Waals surface area contributed by atoms with E-state index in [2.05, 4.69) is 21.8 Å². The molecule has 0 atom stereocenters. The van der Waals surface area contributed by atoms with E-state index in [0.717, 1.165) is 133 Å². The summed E-state index contributed by atoms with van der Waals surface area (Å²) in [6.07, 6.45) is 0. The van der Waals surface area contributed by atoms with E-state index >= 15 is 35.1 Å². The molecule has 0 heterocycles. The van der Waals surface area contributed by atoms with Crippen LogP contribution < -0.4 is 19.6 Å². The van der Waals surface area contributed by atoms with Crippen LogP contribution in [0.3, 0.4) is 0 Å². The van der Waals surface area contributed by atoms with E-state index < -0.39 is 46.5 Å². The third-order valence-corrected chi connectivity index (χ3v) is 25.0. The first-order valence-electron chi connectivity index (χ1n) is 42.7. The fourth-order valence-electron chi connectivity index (χ4n) is 18.5. The molecule has 0 bridgehead atoms. The first-order valence-corrected chi connectivity index (χ1v) is 42.7. The molecule has 20 aromatic carbocycles. The number of rotatable bonds is 16. The molecule has 0 saturated carbocycles. The Kier molecular flexibility index (Phi) is 21.8. The molecule has 0 N–H and O–H groups in total. The number of nitrogens with zero attached hydrogens (tertiary/aromatic N) is 8. The van der Waals surface area contributed by atoms with Gasteiger partial charge in [0.25, 0.3) is 0 Å². The standard InChI is InChI=1S/2C58H38F4N4/c1-33-22-34(2)25-40(24-33)47-28-55(51(61)30-49(47)59)65(43-14-6-37(32-63)7-15-43)53-20-10-38-9-19-46-54(21-11-39-8-18-45(53)57(38)58(39)46)66(44-16-12-42(64-5)13-17-44)56-29-48(50(60)31-52(56)62)41-26-35(3)23-36(4)27-41;1-33-6-10-40(26-35(33)3)47-28-55(51(61)30-49(47)59)65(43-18-8-37(32-63)9-19-43)53-24-14-38-13-23-46-54(25-15-39-12-22-45(53)57(38)58(39)46)66(44-20-16-42(64-5)17-21-44)56-29-48(50(60)31-52(56)62)41-11-7-34(2)36(4)27-41/h2*6-31H,1-4H3. The van der Waals surface area contributed by atoms with Crippen LogP contribution in [0.15, 0.2) is 315 Å². The zero-order chi connectivity index (χ0) is 91.9. The maximum absolute atomic E-state index is 16.6. The average Bonchev–Trinajstić information content (AvgIpc) is 0.719. The minimum absolute atomic E-state index is 0.102. The highest BCUT2D eigenvalue weighted by molar-refractivity contribution is 6.30. The first-order chi connectivity index (χ1) is 63.8. The van der Waals surface area contributed by atoms with Gasteiger partial charge in [0.2, 0.25) is 0 Å². The van der Waals surface area contributed by atoms with Crippen LogP contribution in [0.4, 0.5) is 115 Å². The van der Waals surface area contributed by atoms with Crippen molar-refractivity contribution < 1.29 is 35.1 Å². The second-order valence-corrected chi connectivity index (χ2v) is 33.6. The number of anilines is 12. The van der Waals surface area contributed by atoms with Crippen molar-refractivity contribution in [1.29, 1.82) is 10.5 Å². The maximum atomic E-state index is 16.6. The molecule has 0 unspecified atom stereocenters. The molecule has 0 aliphatic carbocycles. The molecule has 0 saturated heterocycles. The molecule has 0 fully saturated rings. The molecular weight excluding hydrogens is 1660 g/mol. The van der Waals surface area contributed by atoms with Gasteiger partial charge in [0, 0.05) is 90.8 Å². The number of benzene rings is 20. The summed E-state index contributed by atoms with van der Waals surface area (Å²) in [4.78, 5) is 14.2. The summed E-state index contributed by atoms with van der Waals surface area (Å²) >= 11 is 0. The normalized spacial score (nSPS) is 11.3. The van der Waals surface area contributed by atoms with Crippen LogP contribution in [0.2, 0.25) is 0 Å². The van der Waals surface area contributed by atoms with E-state index in [0.29, 0.717) is 90.3 Å². The largest absolute Gasteiger partial charge is 0.307 e. The van der Waals surface area contributed by atoms with Crippen LogP contribution in [0.25, 0.3) is 119 Å². The van der Waals surface area contributed by atoms with Gasteiger partial charge in [-0.2, -0.15) is 10.5 Å². The van der Waals surface area contributed by atoms with Crippen LogP contribution in [-0.2, 0) is 0 Å². The third kappa shape index (κ3) is 15.3. The van der Waals surface area contributed by atoms with E-state index in [9.17, 15) is 10.5 Å². The van der Waals surface area contributed by atoms with Crippen molar-refractivity contribution in [3.05, 3.63) is 440 Å². The summed E-state index contributed by atoms with van der Waals surface area (Å²) in [5.74, 6) is -5.90. The average molecular weight is 1730 g/mol. The van der Waals surface area contributed by atoms with E-state index in [1.54, 1.807) is 117 Å². The van der Waals surface area contributed by atoms with Gasteiger partial charge in [-0.15, -0.1) is 0 Å². The third-order valence-electron chi connectivity index (χ3n) is 25.0. The monoisotopic (exact) mass is 1730 g/mol. The molecule has 132 heavy (non-hydrogen) atoms. The maximum Gasteiger partial charge on any atom is 0.187 e. The van der Waals surface area contributed by atoms with Crippen molar-refractivity contribution in [3.63, 3.8) is 0 Å². The Hall–Kier alpha value is -16.9. The van der Waals surface area contributed by atoms with Gasteiger partial charge < -0.3 is 19.6 Å². The van der Waals surface area contributed by atoms with Gasteiger partial charge in [-0.1, -0.05) is 192 Å². The predicted octanol–water partition coefficient (Wildman–Crippen LogP) is 34.1. The highest BCUT2D eigenvalue weighted by Crippen LogP contribution is 2.54. The summed E-state index contributed by atoms with van der Waals surface area (Å²) in [6.45, 7) is 30.8. The fraction of sp³-hybridized carbons (Fsp3) is 0.0690. The van der Waals surface area contributed by atoms with Crippen molar-refractivity contribution in [3.8, 4) is 56.6 Å². The molecule has 20 aromatic rings. The SMILES string of the molecule is [C-]#[N+]c1ccc(N(c2cc(-c3cc(C)cc(C)c3)c(F)cc2F)c2ccc3ccc4c(N(c5ccc(C#N)cc5)c5cc(-c6cc(C)cc(C)c6)c(F)cc5F)ccc5ccc2c3c54)cc1.[C-]#[N+]c1ccc(N(c2cc(-c3ccc(C)c(C)c3)c(F)cc2F)c2ccc3ccc4c(N(c5ccc(C#N)cc5)c5cc(-c6ccc(C)c(C)c6)c(F)cc5F)ccc5ccc2c3c54)cc1. The van der Waals surface area contributed by atoms with Crippen LogP contribution >= 0.6 is 0 Å². The van der Waals surface area contributed by atoms with Crippen molar-refractivity contribution >= 4 is 144 Å². The van der Waals surface area contributed by atoms with Crippen LogP contribution in [0, 0.1) is 138 Å². The smallest absolute Gasteiger partial charge is 0.187 e. The molecule has 20 rings (SSSR count). The van der Waals surface area contributed by atoms with E-state index in [1.807, 2.05) is 225 Å². The predicted molar refractivity (Wildman–Crippen MR) is 520 cm³/mol. The number of nitriles is 2. The van der Waals surface area contributed by atoms with Gasteiger partial charge in [-0.05, 0) is 264 Å². The van der Waals surface area contributed by atoms with Gasteiger partial charge >= 0.3 is 0 Å². The van der Waals surface area contributed by atoms with Crippen LogP contribution in [0.5, 0.6) is 0 Å². The van der Waals surface area contributed by atoms with Gasteiger partial charge in [0.1, 0.15) is 46.5 Å². The minimum Gasteiger partial charge on any atom is -0.307 e. The lowest BCUT2D eigenvalue weighted by atomic mass is 9.91. The molecule has 636 valence electrons. The zero-order valence-electron chi connectivity index (χ0n) is 72.6. The fourth-order valence-corrected chi connectivity index (χ4v) is 18.5. The Bertz CT molecular complexity index is 7760. The van der Waals surface area contributed by atoms with E-state index in [-0.39, 0.29) is 45.0 Å². The Morgan fingerprint density at radius 2 is 0.470 bits per heavy atom. The van der Waals surface area contributed by atoms with Gasteiger partial charge in [0.15, 0.2) is 11.4 Å². The van der Waals surface area contributed by atoms with Crippen LogP contribution in [-0.4, -0.2) is 0 Å². The van der Waals surface area contributed by atoms with Crippen molar-refractivity contribution in [2.24, 2.45) is 0 Å². The quantitative estimate of drug-likeness (QED) is 0.0545. The molecule has 8 nitrogen and oxygen atoms in total. The second-order valence-electron chi connectivity index (χ2n) is 33.6. The minimum atomic E-state index is -0.779. The van der Waals surface area contributed by atoms with Crippen molar-refractivity contribution in [2.75, 3.05) is 19.6 Å². The highest BCUT2D eigenvalue weighted by Gasteiger charge is 2.31. The first kappa shape index (κ1) is 84.6. The highest BCUT2D eigenvalue weighted by atomic mass is 19.2. The number of aryl methyl sites for hydroxylation is 8. The molecular formula is C116H76F8N8. The molecule has 0 aromatic heterocycles. The lowest BCUT2D eigenvalue weighted by Gasteiger charge is -2.30. The second kappa shape index (κ2) is 34.0. The Labute approximate surface area is 757 Å². The van der Waals surface area contributed by atoms with Crippen molar-refractivity contribution in [2.45, 2.75) is 55.4 Å². The van der Waals surface area contributed by atoms with Crippen LogP contribution in [0.1, 0.15) is 55.6 Å². The van der Waals surface area contributed by atoms with Gasteiger partial charge in [-0.25, -0.2) is 44.8 Å². The molecule has 0 aliphatic heterocycles. The Balaban J connectivity index is 0.000000170. The summed E-state index contributed by atoms with van der Waals surface area (Å²) in [7, 11) is 0. The molecule has 16 heteroatoms. The Morgan fingerprint density at radius 3 is 0.712 bits per heavy atom. The van der Waals surface area contributed by atoms with Gasteiger partial charge in [-0.3, -0.25) is 0 Å². The number of hydrogen-bond donors (Lipinski definition) is 0. The molecule has 0 radical (unpaired) electrons. The van der Waals surface area contributed by atoms with Gasteiger partial charge in [0.05, 0.1) is 81.9 Å². The van der Waals surface area contributed by atoms with E-state index in [1.165, 1.54) is 24.3 Å².